The van der Waals surface area contributed by atoms with Crippen LogP contribution in [0.15, 0.2) is 34.8 Å². The average Bonchev–Trinajstić information content (AvgIpc) is 2.25. The number of carboxylic acids is 1. The maximum atomic E-state index is 11.3. The first-order valence-corrected chi connectivity index (χ1v) is 5.37. The molecule has 1 aromatic rings. The second-order valence-electron chi connectivity index (χ2n) is 3.04. The summed E-state index contributed by atoms with van der Waals surface area (Å²) in [6.45, 7) is 0. The highest BCUT2D eigenvalue weighted by Gasteiger charge is 2.02. The minimum Gasteiger partial charge on any atom is -0.497 e. The van der Waals surface area contributed by atoms with Gasteiger partial charge in [0.1, 0.15) is 5.75 Å². The number of carbonyl (C=O) groups excluding carboxylic acids is 1. The zero-order valence-electron chi connectivity index (χ0n) is 8.94. The first-order valence-electron chi connectivity index (χ1n) is 4.58. The Kier molecular flexibility index (Phi) is 4.71. The molecule has 1 rings (SSSR count). The predicted molar refractivity (Wildman–Crippen MR) is 66.1 cm³/mol. The molecule has 1 aromatic carbocycles. The summed E-state index contributed by atoms with van der Waals surface area (Å²) in [6, 6.07) is 5.04. The van der Waals surface area contributed by atoms with E-state index in [2.05, 4.69) is 21.2 Å². The van der Waals surface area contributed by atoms with Gasteiger partial charge in [-0.15, -0.1) is 0 Å². The van der Waals surface area contributed by atoms with Crippen molar-refractivity contribution in [2.75, 3.05) is 12.4 Å². The van der Waals surface area contributed by atoms with Gasteiger partial charge in [-0.05, 0) is 12.1 Å². The molecular formula is C11H10BrNO4. The molecule has 0 aliphatic heterocycles. The monoisotopic (exact) mass is 299 g/mol. The number of amides is 1. The van der Waals surface area contributed by atoms with E-state index in [9.17, 15) is 9.59 Å². The molecule has 6 heteroatoms. The van der Waals surface area contributed by atoms with Gasteiger partial charge in [-0.25, -0.2) is 4.79 Å². The van der Waals surface area contributed by atoms with E-state index in [4.69, 9.17) is 9.84 Å². The third kappa shape index (κ3) is 4.69. The highest BCUT2D eigenvalue weighted by molar-refractivity contribution is 9.10. The van der Waals surface area contributed by atoms with Crippen molar-refractivity contribution < 1.29 is 19.4 Å². The third-order valence-corrected chi connectivity index (χ3v) is 2.21. The molecule has 17 heavy (non-hydrogen) atoms. The van der Waals surface area contributed by atoms with Crippen LogP contribution in [0.2, 0.25) is 0 Å². The van der Waals surface area contributed by atoms with E-state index in [0.29, 0.717) is 11.4 Å². The zero-order valence-corrected chi connectivity index (χ0v) is 10.5. The van der Waals surface area contributed by atoms with E-state index >= 15 is 0 Å². The van der Waals surface area contributed by atoms with E-state index in [1.165, 1.54) is 7.11 Å². The number of rotatable bonds is 4. The van der Waals surface area contributed by atoms with Gasteiger partial charge in [0.25, 0.3) is 0 Å². The van der Waals surface area contributed by atoms with Crippen LogP contribution in [0.4, 0.5) is 5.69 Å². The number of nitrogens with one attached hydrogen (secondary N) is 1. The lowest BCUT2D eigenvalue weighted by atomic mass is 10.3. The van der Waals surface area contributed by atoms with Gasteiger partial charge in [-0.3, -0.25) is 4.79 Å². The molecule has 1 amide bonds. The van der Waals surface area contributed by atoms with Gasteiger partial charge in [-0.2, -0.15) is 0 Å². The van der Waals surface area contributed by atoms with Crippen LogP contribution >= 0.6 is 15.9 Å². The Morgan fingerprint density at radius 2 is 2.06 bits per heavy atom. The van der Waals surface area contributed by atoms with Crippen molar-refractivity contribution in [1.82, 2.24) is 0 Å². The summed E-state index contributed by atoms with van der Waals surface area (Å²) in [5, 5.41) is 10.9. The predicted octanol–water partition coefficient (Wildman–Crippen LogP) is 2.04. The summed E-state index contributed by atoms with van der Waals surface area (Å²) in [5.41, 5.74) is 0.510. The molecule has 0 saturated carbocycles. The largest absolute Gasteiger partial charge is 0.497 e. The topological polar surface area (TPSA) is 75.6 Å². The second kappa shape index (κ2) is 6.05. The van der Waals surface area contributed by atoms with Crippen LogP contribution in [-0.2, 0) is 9.59 Å². The van der Waals surface area contributed by atoms with Crippen molar-refractivity contribution in [2.24, 2.45) is 0 Å². The summed E-state index contributed by atoms with van der Waals surface area (Å²) >= 11 is 3.26. The number of halogens is 1. The van der Waals surface area contributed by atoms with Crippen LogP contribution in [-0.4, -0.2) is 24.1 Å². The van der Waals surface area contributed by atoms with Crippen molar-refractivity contribution >= 4 is 33.5 Å². The van der Waals surface area contributed by atoms with E-state index in [0.717, 1.165) is 16.6 Å². The molecule has 0 heterocycles. The van der Waals surface area contributed by atoms with Gasteiger partial charge in [0.2, 0.25) is 5.91 Å². The summed E-state index contributed by atoms with van der Waals surface area (Å²) in [4.78, 5) is 21.5. The zero-order chi connectivity index (χ0) is 12.8. The quantitative estimate of drug-likeness (QED) is 0.834. The highest BCUT2D eigenvalue weighted by atomic mass is 79.9. The maximum Gasteiger partial charge on any atom is 0.328 e. The molecule has 0 aromatic heterocycles. The van der Waals surface area contributed by atoms with Crippen LogP contribution < -0.4 is 10.1 Å². The van der Waals surface area contributed by atoms with Gasteiger partial charge < -0.3 is 15.2 Å². The Labute approximate surface area is 106 Å². The number of ether oxygens (including phenoxy) is 1. The lowest BCUT2D eigenvalue weighted by Gasteiger charge is -2.06. The normalized spacial score (nSPS) is 10.2. The van der Waals surface area contributed by atoms with Gasteiger partial charge in [-0.1, -0.05) is 15.9 Å². The molecule has 0 unspecified atom stereocenters. The smallest absolute Gasteiger partial charge is 0.328 e. The van der Waals surface area contributed by atoms with Gasteiger partial charge in [0, 0.05) is 28.4 Å². The molecular weight excluding hydrogens is 290 g/mol. The fraction of sp³-hybridized carbons (Fsp3) is 0.0909. The van der Waals surface area contributed by atoms with Crippen LogP contribution in [0, 0.1) is 0 Å². The lowest BCUT2D eigenvalue weighted by molar-refractivity contribution is -0.131. The molecule has 0 saturated heterocycles. The van der Waals surface area contributed by atoms with Crippen molar-refractivity contribution in [3.05, 3.63) is 34.8 Å². The third-order valence-electron chi connectivity index (χ3n) is 1.75. The van der Waals surface area contributed by atoms with Crippen LogP contribution in [0.5, 0.6) is 5.75 Å². The number of carbonyl (C=O) groups is 2. The number of aliphatic carboxylic acids is 1. The minimum atomic E-state index is -1.17. The van der Waals surface area contributed by atoms with Crippen molar-refractivity contribution in [2.45, 2.75) is 0 Å². The first-order chi connectivity index (χ1) is 8.01. The van der Waals surface area contributed by atoms with Crippen molar-refractivity contribution in [3.8, 4) is 5.75 Å². The Bertz CT molecular complexity index is 471. The summed E-state index contributed by atoms with van der Waals surface area (Å²) in [5.74, 6) is -1.11. The van der Waals surface area contributed by atoms with E-state index in [1.807, 2.05) is 0 Å². The Balaban J connectivity index is 2.77. The summed E-state index contributed by atoms with van der Waals surface area (Å²) in [6.07, 6.45) is 1.71. The molecule has 0 spiro atoms. The van der Waals surface area contributed by atoms with Gasteiger partial charge >= 0.3 is 5.97 Å². The van der Waals surface area contributed by atoms with Crippen LogP contribution in [0.25, 0.3) is 0 Å². The maximum absolute atomic E-state index is 11.3. The lowest BCUT2D eigenvalue weighted by Crippen LogP contribution is -2.08. The van der Waals surface area contributed by atoms with Gasteiger partial charge in [0.15, 0.2) is 0 Å². The van der Waals surface area contributed by atoms with Crippen molar-refractivity contribution in [1.29, 1.82) is 0 Å². The van der Waals surface area contributed by atoms with E-state index in [-0.39, 0.29) is 0 Å². The number of carboxylic acid groups (broad SMARTS) is 1. The molecule has 2 N–H and O–H groups in total. The second-order valence-corrected chi connectivity index (χ2v) is 3.96. The Morgan fingerprint density at radius 1 is 1.35 bits per heavy atom. The number of methoxy groups -OCH3 is 1. The minimum absolute atomic E-state index is 0.510. The van der Waals surface area contributed by atoms with Gasteiger partial charge in [0.05, 0.1) is 7.11 Å². The molecule has 90 valence electrons. The first kappa shape index (κ1) is 13.2. The number of hydrogen-bond donors (Lipinski definition) is 2. The summed E-state index contributed by atoms with van der Waals surface area (Å²) < 4.78 is 5.77. The molecule has 0 aliphatic rings. The number of anilines is 1. The van der Waals surface area contributed by atoms with Crippen LogP contribution in [0.1, 0.15) is 0 Å². The van der Waals surface area contributed by atoms with E-state index in [1.54, 1.807) is 18.2 Å². The fourth-order valence-corrected chi connectivity index (χ4v) is 1.56. The van der Waals surface area contributed by atoms with Crippen LogP contribution in [0.3, 0.4) is 0 Å². The number of hydrogen-bond acceptors (Lipinski definition) is 3. The molecule has 0 radical (unpaired) electrons. The SMILES string of the molecule is COc1cc(Br)cc(NC(=O)/C=C/C(=O)O)c1. The standard InChI is InChI=1S/C11H10BrNO4/c1-17-9-5-7(12)4-8(6-9)13-10(14)2-3-11(15)16/h2-6H,1H3,(H,13,14)(H,15,16)/b3-2+. The molecule has 0 fully saturated rings. The molecule has 0 bridgehead atoms. The molecule has 0 aliphatic carbocycles. The highest BCUT2D eigenvalue weighted by Crippen LogP contribution is 2.24. The fourth-order valence-electron chi connectivity index (χ4n) is 1.08. The van der Waals surface area contributed by atoms with E-state index < -0.39 is 11.9 Å². The Morgan fingerprint density at radius 3 is 2.65 bits per heavy atom. The molecule has 0 atom stereocenters. The number of benzene rings is 1. The average molecular weight is 300 g/mol. The van der Waals surface area contributed by atoms with Crippen molar-refractivity contribution in [3.63, 3.8) is 0 Å². The molecule has 5 nitrogen and oxygen atoms in total. The Hall–Kier alpha value is -1.82. The summed E-state index contributed by atoms with van der Waals surface area (Å²) in [7, 11) is 1.51.